The Morgan fingerprint density at radius 3 is 2.73 bits per heavy atom. The van der Waals surface area contributed by atoms with Crippen LogP contribution in [0.5, 0.6) is 0 Å². The molecular formula is C24H29ClN6O2. The normalized spacial score (nSPS) is 25.6. The molecule has 2 N–H and O–H groups in total. The van der Waals surface area contributed by atoms with E-state index in [1.165, 1.54) is 11.9 Å². The molecule has 1 aromatic carbocycles. The second-order valence-electron chi connectivity index (χ2n) is 9.55. The van der Waals surface area contributed by atoms with Gasteiger partial charge in [-0.05, 0) is 36.6 Å². The van der Waals surface area contributed by atoms with Crippen LogP contribution in [0.25, 0.3) is 11.0 Å². The molecule has 0 aliphatic carbocycles. The Morgan fingerprint density at radius 2 is 1.88 bits per heavy atom. The van der Waals surface area contributed by atoms with E-state index in [9.17, 15) is 0 Å². The highest BCUT2D eigenvalue weighted by Crippen LogP contribution is 2.34. The molecule has 6 rings (SSSR count). The van der Waals surface area contributed by atoms with E-state index < -0.39 is 0 Å². The van der Waals surface area contributed by atoms with E-state index in [1.54, 1.807) is 0 Å². The number of nitrogens with zero attached hydrogens (tertiary/aromatic N) is 5. The highest BCUT2D eigenvalue weighted by molar-refractivity contribution is 6.30. The van der Waals surface area contributed by atoms with E-state index in [2.05, 4.69) is 36.5 Å². The first kappa shape index (κ1) is 21.3. The number of fused-ring (bicyclic) bond motifs is 1. The van der Waals surface area contributed by atoms with Crippen LogP contribution in [0.15, 0.2) is 42.9 Å². The van der Waals surface area contributed by atoms with E-state index in [0.717, 1.165) is 74.8 Å². The molecule has 3 aliphatic heterocycles. The summed E-state index contributed by atoms with van der Waals surface area (Å²) in [6.45, 7) is 6.52. The summed E-state index contributed by atoms with van der Waals surface area (Å²) in [4.78, 5) is 13.5. The molecule has 0 radical (unpaired) electrons. The molecule has 0 saturated carbocycles. The van der Waals surface area contributed by atoms with Crippen LogP contribution in [0.3, 0.4) is 0 Å². The molecule has 3 fully saturated rings. The summed E-state index contributed by atoms with van der Waals surface area (Å²) in [7, 11) is 0. The van der Waals surface area contributed by atoms with Gasteiger partial charge in [-0.1, -0.05) is 23.7 Å². The van der Waals surface area contributed by atoms with Crippen LogP contribution in [0, 0.1) is 0 Å². The Morgan fingerprint density at radius 1 is 1.06 bits per heavy atom. The molecular weight excluding hydrogens is 440 g/mol. The maximum absolute atomic E-state index is 6.44. The van der Waals surface area contributed by atoms with Gasteiger partial charge in [0.1, 0.15) is 29.6 Å². The van der Waals surface area contributed by atoms with Gasteiger partial charge < -0.3 is 19.8 Å². The topological polar surface area (TPSA) is 81.7 Å². The average molecular weight is 469 g/mol. The third-order valence-corrected chi connectivity index (χ3v) is 7.32. The Hall–Kier alpha value is -2.23. The average Bonchev–Trinajstić information content (AvgIpc) is 3.42. The summed E-state index contributed by atoms with van der Waals surface area (Å²) in [5.41, 5.74) is 8.07. The highest BCUT2D eigenvalue weighted by atomic mass is 35.5. The van der Waals surface area contributed by atoms with E-state index in [0.29, 0.717) is 5.82 Å². The lowest BCUT2D eigenvalue weighted by molar-refractivity contribution is -0.189. The van der Waals surface area contributed by atoms with Crippen molar-refractivity contribution in [3.8, 4) is 0 Å². The molecule has 2 atom stereocenters. The Bertz CT molecular complexity index is 1130. The monoisotopic (exact) mass is 468 g/mol. The number of rotatable bonds is 5. The molecule has 8 nitrogen and oxygen atoms in total. The minimum Gasteiger partial charge on any atom is -0.383 e. The lowest BCUT2D eigenvalue weighted by atomic mass is 9.91. The summed E-state index contributed by atoms with van der Waals surface area (Å²) >= 11 is 6.01. The molecule has 9 heteroatoms. The fourth-order valence-corrected chi connectivity index (χ4v) is 5.66. The first-order valence-electron chi connectivity index (χ1n) is 11.6. The minimum atomic E-state index is -0.0479. The molecule has 5 heterocycles. The van der Waals surface area contributed by atoms with Crippen molar-refractivity contribution in [2.75, 3.05) is 45.1 Å². The van der Waals surface area contributed by atoms with Gasteiger partial charge in [-0.25, -0.2) is 9.97 Å². The van der Waals surface area contributed by atoms with E-state index in [4.69, 9.17) is 26.8 Å². The number of hydrogen-bond donors (Lipinski definition) is 1. The molecule has 0 amide bonds. The van der Waals surface area contributed by atoms with Gasteiger partial charge in [0.2, 0.25) is 0 Å². The fourth-order valence-electron chi connectivity index (χ4n) is 5.54. The molecule has 0 bridgehead atoms. The van der Waals surface area contributed by atoms with Crippen LogP contribution < -0.4 is 5.73 Å². The first-order chi connectivity index (χ1) is 16.1. The molecule has 2 unspecified atom stereocenters. The van der Waals surface area contributed by atoms with E-state index >= 15 is 0 Å². The van der Waals surface area contributed by atoms with Gasteiger partial charge in [-0.2, -0.15) is 0 Å². The lowest BCUT2D eigenvalue weighted by Gasteiger charge is -2.54. The number of likely N-dealkylation sites (tertiary alicyclic amines) is 1. The second kappa shape index (κ2) is 8.52. The highest BCUT2D eigenvalue weighted by Gasteiger charge is 2.47. The van der Waals surface area contributed by atoms with Gasteiger partial charge in [0.05, 0.1) is 18.1 Å². The molecule has 3 aromatic rings. The Kier molecular flexibility index (Phi) is 5.50. The van der Waals surface area contributed by atoms with Crippen molar-refractivity contribution in [2.45, 2.75) is 37.3 Å². The zero-order valence-electron chi connectivity index (χ0n) is 18.6. The maximum atomic E-state index is 6.44. The lowest BCUT2D eigenvalue weighted by Crippen LogP contribution is -2.70. The Balaban J connectivity index is 1.03. The zero-order valence-corrected chi connectivity index (χ0v) is 19.3. The number of benzene rings is 1. The van der Waals surface area contributed by atoms with Crippen LogP contribution in [-0.2, 0) is 16.0 Å². The summed E-state index contributed by atoms with van der Waals surface area (Å²) in [6.07, 6.45) is 5.75. The summed E-state index contributed by atoms with van der Waals surface area (Å²) < 4.78 is 14.8. The van der Waals surface area contributed by atoms with Crippen molar-refractivity contribution in [3.63, 3.8) is 0 Å². The van der Waals surface area contributed by atoms with Gasteiger partial charge in [0.15, 0.2) is 0 Å². The van der Waals surface area contributed by atoms with Crippen molar-refractivity contribution in [1.82, 2.24) is 24.3 Å². The third kappa shape index (κ3) is 4.22. The number of anilines is 1. The first-order valence-corrected chi connectivity index (χ1v) is 12.0. The smallest absolute Gasteiger partial charge is 0.147 e. The predicted octanol–water partition coefficient (Wildman–Crippen LogP) is 2.93. The van der Waals surface area contributed by atoms with Crippen molar-refractivity contribution in [3.05, 3.63) is 53.4 Å². The standard InChI is InChI=1S/C24H29ClN6O2/c25-18-3-1-17(2-4-18)11-30-14-24(15-30)13-29(9-10-32-24)12-19-5-6-21(33-19)31-8-7-20-22(26)27-16-28-23(20)31/h1-4,7-8,16,19,21H,5-6,9-15H2,(H2,26,27,28). The van der Waals surface area contributed by atoms with Crippen molar-refractivity contribution < 1.29 is 9.47 Å². The summed E-state index contributed by atoms with van der Waals surface area (Å²) in [5.74, 6) is 0.512. The van der Waals surface area contributed by atoms with Crippen molar-refractivity contribution in [1.29, 1.82) is 0 Å². The van der Waals surface area contributed by atoms with Crippen molar-refractivity contribution in [2.24, 2.45) is 0 Å². The minimum absolute atomic E-state index is 0.00429. The quantitative estimate of drug-likeness (QED) is 0.616. The number of morpholine rings is 1. The van der Waals surface area contributed by atoms with Crippen LogP contribution in [0.1, 0.15) is 24.6 Å². The maximum Gasteiger partial charge on any atom is 0.147 e. The summed E-state index contributed by atoms with van der Waals surface area (Å²) in [6, 6.07) is 10.1. The van der Waals surface area contributed by atoms with Gasteiger partial charge in [0.25, 0.3) is 0 Å². The molecule has 2 aromatic heterocycles. The zero-order chi connectivity index (χ0) is 22.4. The SMILES string of the molecule is Nc1ncnc2c1ccn2C1CCC(CN2CCOC3(C2)CN(Cc2ccc(Cl)cc2)C3)O1. The molecule has 33 heavy (non-hydrogen) atoms. The van der Waals surface area contributed by atoms with Gasteiger partial charge in [-0.3, -0.25) is 9.80 Å². The van der Waals surface area contributed by atoms with Gasteiger partial charge in [0, 0.05) is 50.5 Å². The van der Waals surface area contributed by atoms with Crippen LogP contribution in [0.2, 0.25) is 5.02 Å². The van der Waals surface area contributed by atoms with Crippen LogP contribution in [-0.4, -0.2) is 75.4 Å². The third-order valence-electron chi connectivity index (χ3n) is 7.07. The Labute approximate surface area is 198 Å². The van der Waals surface area contributed by atoms with Crippen molar-refractivity contribution >= 4 is 28.5 Å². The van der Waals surface area contributed by atoms with Gasteiger partial charge in [-0.15, -0.1) is 0 Å². The van der Waals surface area contributed by atoms with E-state index in [1.807, 2.05) is 24.4 Å². The number of hydrogen-bond acceptors (Lipinski definition) is 7. The number of ether oxygens (including phenoxy) is 2. The molecule has 1 spiro atoms. The van der Waals surface area contributed by atoms with Gasteiger partial charge >= 0.3 is 0 Å². The second-order valence-corrected chi connectivity index (χ2v) is 9.98. The van der Waals surface area contributed by atoms with E-state index in [-0.39, 0.29) is 17.9 Å². The molecule has 3 aliphatic rings. The molecule has 3 saturated heterocycles. The number of nitrogen functional groups attached to an aromatic ring is 1. The number of halogens is 1. The molecule has 174 valence electrons. The largest absolute Gasteiger partial charge is 0.383 e. The fraction of sp³-hybridized carbons (Fsp3) is 0.500. The summed E-state index contributed by atoms with van der Waals surface area (Å²) in [5, 5.41) is 1.66. The van der Waals surface area contributed by atoms with Crippen LogP contribution in [0.4, 0.5) is 5.82 Å². The predicted molar refractivity (Wildman–Crippen MR) is 127 cm³/mol. The number of nitrogens with two attached hydrogens (primary N) is 1. The number of aromatic nitrogens is 3. The van der Waals surface area contributed by atoms with Crippen LogP contribution >= 0.6 is 11.6 Å².